The second-order valence-electron chi connectivity index (χ2n) is 4.53. The average molecular weight is 301 g/mol. The predicted molar refractivity (Wildman–Crippen MR) is 78.2 cm³/mol. The third kappa shape index (κ3) is 3.93. The van der Waals surface area contributed by atoms with Crippen molar-refractivity contribution in [3.05, 3.63) is 29.8 Å². The van der Waals surface area contributed by atoms with Gasteiger partial charge in [-0.1, -0.05) is 18.2 Å². The van der Waals surface area contributed by atoms with Crippen LogP contribution < -0.4 is 5.14 Å². The third-order valence-corrected chi connectivity index (χ3v) is 5.20. The largest absolute Gasteiger partial charge is 0.296 e. The Morgan fingerprint density at radius 2 is 1.84 bits per heavy atom. The van der Waals surface area contributed by atoms with Crippen molar-refractivity contribution in [3.63, 3.8) is 0 Å². The lowest BCUT2D eigenvalue weighted by atomic mass is 10.2. The second kappa shape index (κ2) is 6.23. The van der Waals surface area contributed by atoms with Crippen LogP contribution in [0.15, 0.2) is 29.2 Å². The summed E-state index contributed by atoms with van der Waals surface area (Å²) >= 11 is 1.74. The van der Waals surface area contributed by atoms with Crippen LogP contribution in [0.1, 0.15) is 5.56 Å². The molecule has 1 aliphatic rings. The molecule has 0 aromatic heterocycles. The van der Waals surface area contributed by atoms with Crippen LogP contribution in [0.2, 0.25) is 0 Å². The number of hydrogen-bond acceptors (Lipinski definition) is 4. The number of nitrogens with zero attached hydrogens (tertiary/aromatic N) is 2. The van der Waals surface area contributed by atoms with E-state index in [9.17, 15) is 8.42 Å². The molecule has 0 unspecified atom stereocenters. The molecule has 19 heavy (non-hydrogen) atoms. The van der Waals surface area contributed by atoms with Crippen LogP contribution in [0, 0.1) is 0 Å². The third-order valence-electron chi connectivity index (χ3n) is 3.28. The molecule has 0 radical (unpaired) electrons. The van der Waals surface area contributed by atoms with E-state index >= 15 is 0 Å². The highest BCUT2D eigenvalue weighted by Gasteiger charge is 2.23. The molecule has 0 amide bonds. The fraction of sp³-hybridized carbons (Fsp3) is 0.500. The normalized spacial score (nSPS) is 18.6. The van der Waals surface area contributed by atoms with Gasteiger partial charge in [0, 0.05) is 37.6 Å². The molecule has 5 nitrogen and oxygen atoms in total. The lowest BCUT2D eigenvalue weighted by Gasteiger charge is -2.33. The Kier molecular flexibility index (Phi) is 4.86. The maximum absolute atomic E-state index is 11.2. The fourth-order valence-electron chi connectivity index (χ4n) is 2.22. The second-order valence-corrected chi connectivity index (χ2v) is 6.93. The fourth-order valence-corrected chi connectivity index (χ4v) is 3.50. The molecule has 0 saturated carbocycles. The molecule has 0 spiro atoms. The van der Waals surface area contributed by atoms with Gasteiger partial charge in [-0.2, -0.15) is 12.7 Å². The lowest BCUT2D eigenvalue weighted by Crippen LogP contribution is -2.50. The summed E-state index contributed by atoms with van der Waals surface area (Å²) in [4.78, 5) is 3.54. The van der Waals surface area contributed by atoms with Crippen LogP contribution in [0.4, 0.5) is 0 Å². The summed E-state index contributed by atoms with van der Waals surface area (Å²) in [5.41, 5.74) is 1.29. The number of piperazine rings is 1. The van der Waals surface area contributed by atoms with E-state index in [1.807, 2.05) is 12.1 Å². The van der Waals surface area contributed by atoms with Gasteiger partial charge < -0.3 is 0 Å². The number of thioether (sulfide) groups is 1. The molecule has 0 bridgehead atoms. The van der Waals surface area contributed by atoms with E-state index in [0.29, 0.717) is 13.1 Å². The zero-order valence-corrected chi connectivity index (χ0v) is 12.6. The first-order valence-corrected chi connectivity index (χ1v) is 8.85. The Hall–Kier alpha value is -0.600. The van der Waals surface area contributed by atoms with E-state index in [2.05, 4.69) is 23.3 Å². The van der Waals surface area contributed by atoms with E-state index in [1.165, 1.54) is 14.8 Å². The van der Waals surface area contributed by atoms with Gasteiger partial charge in [0.15, 0.2) is 0 Å². The highest BCUT2D eigenvalue weighted by molar-refractivity contribution is 7.98. The van der Waals surface area contributed by atoms with Gasteiger partial charge in [0.1, 0.15) is 0 Å². The molecule has 7 heteroatoms. The number of benzene rings is 1. The van der Waals surface area contributed by atoms with E-state index < -0.39 is 10.2 Å². The molecule has 1 aliphatic heterocycles. The molecule has 1 fully saturated rings. The number of rotatable bonds is 4. The SMILES string of the molecule is CSc1ccccc1CN1CCN(S(N)(=O)=O)CC1. The standard InChI is InChI=1S/C12H19N3O2S2/c1-18-12-5-3-2-4-11(12)10-14-6-8-15(9-7-14)19(13,16)17/h2-5H,6-10H2,1H3,(H2,13,16,17). The highest BCUT2D eigenvalue weighted by atomic mass is 32.2. The van der Waals surface area contributed by atoms with Crippen molar-refractivity contribution in [2.75, 3.05) is 32.4 Å². The minimum absolute atomic E-state index is 0.472. The smallest absolute Gasteiger partial charge is 0.276 e. The van der Waals surface area contributed by atoms with Gasteiger partial charge in [-0.25, -0.2) is 5.14 Å². The Bertz CT molecular complexity index is 526. The van der Waals surface area contributed by atoms with Crippen molar-refractivity contribution in [3.8, 4) is 0 Å². The van der Waals surface area contributed by atoms with E-state index in [0.717, 1.165) is 19.6 Å². The summed E-state index contributed by atoms with van der Waals surface area (Å²) in [6.45, 7) is 3.24. The first-order chi connectivity index (χ1) is 9.00. The molecular weight excluding hydrogens is 282 g/mol. The first-order valence-electron chi connectivity index (χ1n) is 6.13. The molecule has 0 aliphatic carbocycles. The van der Waals surface area contributed by atoms with E-state index in [4.69, 9.17) is 5.14 Å². The monoisotopic (exact) mass is 301 g/mol. The number of nitrogens with two attached hydrogens (primary N) is 1. The maximum Gasteiger partial charge on any atom is 0.276 e. The van der Waals surface area contributed by atoms with Gasteiger partial charge in [0.25, 0.3) is 10.2 Å². The maximum atomic E-state index is 11.2. The summed E-state index contributed by atoms with van der Waals surface area (Å²) < 4.78 is 23.8. The zero-order chi connectivity index (χ0) is 13.9. The van der Waals surface area contributed by atoms with Gasteiger partial charge in [0.05, 0.1) is 0 Å². The Labute approximate surface area is 118 Å². The zero-order valence-electron chi connectivity index (χ0n) is 10.9. The molecule has 2 rings (SSSR count). The van der Waals surface area contributed by atoms with Crippen molar-refractivity contribution in [2.24, 2.45) is 5.14 Å². The lowest BCUT2D eigenvalue weighted by molar-refractivity contribution is 0.180. The van der Waals surface area contributed by atoms with Crippen molar-refractivity contribution in [1.82, 2.24) is 9.21 Å². The Morgan fingerprint density at radius 1 is 1.21 bits per heavy atom. The highest BCUT2D eigenvalue weighted by Crippen LogP contribution is 2.21. The van der Waals surface area contributed by atoms with E-state index in [1.54, 1.807) is 11.8 Å². The van der Waals surface area contributed by atoms with Crippen molar-refractivity contribution < 1.29 is 8.42 Å². The summed E-state index contributed by atoms with van der Waals surface area (Å²) in [6, 6.07) is 8.31. The average Bonchev–Trinajstić information content (AvgIpc) is 2.39. The summed E-state index contributed by atoms with van der Waals surface area (Å²) in [6.07, 6.45) is 2.07. The molecule has 1 heterocycles. The van der Waals surface area contributed by atoms with E-state index in [-0.39, 0.29) is 0 Å². The van der Waals surface area contributed by atoms with Gasteiger partial charge in [0.2, 0.25) is 0 Å². The minimum Gasteiger partial charge on any atom is -0.296 e. The summed E-state index contributed by atoms with van der Waals surface area (Å²) in [5.74, 6) is 0. The molecule has 1 aromatic rings. The molecule has 2 N–H and O–H groups in total. The van der Waals surface area contributed by atoms with Crippen LogP contribution in [0.5, 0.6) is 0 Å². The van der Waals surface area contributed by atoms with Crippen LogP contribution in [0.3, 0.4) is 0 Å². The molecule has 1 saturated heterocycles. The topological polar surface area (TPSA) is 66.6 Å². The van der Waals surface area contributed by atoms with Crippen LogP contribution in [-0.4, -0.2) is 50.1 Å². The van der Waals surface area contributed by atoms with Crippen molar-refractivity contribution >= 4 is 22.0 Å². The first kappa shape index (κ1) is 14.8. The molecule has 106 valence electrons. The van der Waals surface area contributed by atoms with Gasteiger partial charge in [-0.05, 0) is 17.9 Å². The van der Waals surface area contributed by atoms with Crippen LogP contribution in [0.25, 0.3) is 0 Å². The molecular formula is C12H19N3O2S2. The minimum atomic E-state index is -3.53. The van der Waals surface area contributed by atoms with Crippen LogP contribution in [-0.2, 0) is 16.8 Å². The molecule has 1 aromatic carbocycles. The Morgan fingerprint density at radius 3 is 2.42 bits per heavy atom. The number of hydrogen-bond donors (Lipinski definition) is 1. The van der Waals surface area contributed by atoms with Crippen LogP contribution >= 0.6 is 11.8 Å². The quantitative estimate of drug-likeness (QED) is 0.833. The van der Waals surface area contributed by atoms with Crippen molar-refractivity contribution in [2.45, 2.75) is 11.4 Å². The van der Waals surface area contributed by atoms with Gasteiger partial charge in [-0.3, -0.25) is 4.90 Å². The van der Waals surface area contributed by atoms with Gasteiger partial charge in [-0.15, -0.1) is 11.8 Å². The van der Waals surface area contributed by atoms with Crippen molar-refractivity contribution in [1.29, 1.82) is 0 Å². The predicted octanol–water partition coefficient (Wildman–Crippen LogP) is 0.730. The van der Waals surface area contributed by atoms with Gasteiger partial charge >= 0.3 is 0 Å². The molecule has 0 atom stereocenters. The summed E-state index contributed by atoms with van der Waals surface area (Å²) in [5, 5.41) is 5.13. The Balaban J connectivity index is 1.96. The summed E-state index contributed by atoms with van der Waals surface area (Å²) in [7, 11) is -3.53.